The number of aromatic nitrogens is 2. The van der Waals surface area contributed by atoms with E-state index in [9.17, 15) is 9.59 Å². The van der Waals surface area contributed by atoms with Crippen LogP contribution in [0.4, 0.5) is 11.4 Å². The minimum atomic E-state index is -0.353. The van der Waals surface area contributed by atoms with E-state index >= 15 is 0 Å². The summed E-state index contributed by atoms with van der Waals surface area (Å²) in [5, 5.41) is 6.30. The summed E-state index contributed by atoms with van der Waals surface area (Å²) in [6.07, 6.45) is 1.54. The van der Waals surface area contributed by atoms with Crippen molar-refractivity contribution < 1.29 is 9.59 Å². The fraction of sp³-hybridized carbons (Fsp3) is 0.318. The third-order valence-corrected chi connectivity index (χ3v) is 9.29. The van der Waals surface area contributed by atoms with Gasteiger partial charge in [0.1, 0.15) is 0 Å². The molecule has 0 radical (unpaired) electrons. The molecule has 6 N–H and O–H groups in total. The maximum Gasteiger partial charge on any atom is 0.255 e. The van der Waals surface area contributed by atoms with Gasteiger partial charge in [-0.2, -0.15) is 0 Å². The molecule has 0 aliphatic carbocycles. The van der Waals surface area contributed by atoms with Crippen LogP contribution in [0.5, 0.6) is 0 Å². The summed E-state index contributed by atoms with van der Waals surface area (Å²) in [6, 6.07) is 23.2. The number of halogens is 1. The van der Waals surface area contributed by atoms with Crippen LogP contribution in [0.15, 0.2) is 72.8 Å². The lowest BCUT2D eigenvalue weighted by molar-refractivity contribution is 0.102. The zero-order chi connectivity index (χ0) is 37.7. The van der Waals surface area contributed by atoms with Crippen LogP contribution in [0.25, 0.3) is 22.3 Å². The zero-order valence-corrected chi connectivity index (χ0v) is 33.0. The van der Waals surface area contributed by atoms with Crippen LogP contribution in [-0.2, 0) is 25.9 Å². The van der Waals surface area contributed by atoms with Crippen LogP contribution < -0.4 is 22.1 Å². The first kappa shape index (κ1) is 40.9. The first-order valence-electron chi connectivity index (χ1n) is 18.1. The summed E-state index contributed by atoms with van der Waals surface area (Å²) in [7, 11) is 0. The summed E-state index contributed by atoms with van der Waals surface area (Å²) in [5.74, 6) is 0.0536. The second kappa shape index (κ2) is 17.8. The first-order valence-corrected chi connectivity index (χ1v) is 18.1. The Morgan fingerprint density at radius 2 is 0.962 bits per heavy atom. The van der Waals surface area contributed by atoms with Crippen LogP contribution in [-0.4, -0.2) is 21.8 Å². The Morgan fingerprint density at radius 1 is 0.604 bits per heavy atom. The SMILES string of the molecule is Cc1ccc(-c2c(CN)c(CC(C)C)nc(C)c2NC(=O)c2cccc(C(=O)Nc3c(C)nc(CC(C)C)c(CN)c3-c3ccc(C)cc3)c2)cc1.Cl. The van der Waals surface area contributed by atoms with E-state index in [-0.39, 0.29) is 37.3 Å². The molecule has 8 nitrogen and oxygen atoms in total. The minimum Gasteiger partial charge on any atom is -0.326 e. The maximum absolute atomic E-state index is 14.0. The van der Waals surface area contributed by atoms with Gasteiger partial charge in [0.2, 0.25) is 0 Å². The second-order valence-corrected chi connectivity index (χ2v) is 14.6. The molecule has 0 saturated carbocycles. The number of benzene rings is 3. The molecule has 5 rings (SSSR count). The van der Waals surface area contributed by atoms with E-state index in [1.54, 1.807) is 24.3 Å². The van der Waals surface area contributed by atoms with Gasteiger partial charge >= 0.3 is 0 Å². The molecule has 0 spiro atoms. The lowest BCUT2D eigenvalue weighted by atomic mass is 9.92. The van der Waals surface area contributed by atoms with Crippen LogP contribution in [0.3, 0.4) is 0 Å². The lowest BCUT2D eigenvalue weighted by Gasteiger charge is -2.22. The molecule has 0 aliphatic heterocycles. The Kier molecular flexibility index (Phi) is 13.7. The number of rotatable bonds is 12. The van der Waals surface area contributed by atoms with Gasteiger partial charge in [-0.25, -0.2) is 0 Å². The number of nitrogens with one attached hydrogen (secondary N) is 2. The van der Waals surface area contributed by atoms with Gasteiger partial charge in [0.25, 0.3) is 11.8 Å². The Balaban J connectivity index is 0.00000627. The van der Waals surface area contributed by atoms with E-state index in [1.165, 1.54) is 0 Å². The van der Waals surface area contributed by atoms with Crippen molar-refractivity contribution in [2.45, 2.75) is 81.3 Å². The summed E-state index contributed by atoms with van der Waals surface area (Å²) < 4.78 is 0. The van der Waals surface area contributed by atoms with Crippen LogP contribution in [0.1, 0.15) is 93.4 Å². The quantitative estimate of drug-likeness (QED) is 0.101. The number of carbonyl (C=O) groups excluding carboxylic acids is 2. The van der Waals surface area contributed by atoms with Crippen molar-refractivity contribution in [3.8, 4) is 22.3 Å². The number of amides is 2. The molecule has 2 amide bonds. The summed E-state index contributed by atoms with van der Waals surface area (Å²) in [5.41, 5.74) is 25.7. The molecule has 53 heavy (non-hydrogen) atoms. The maximum atomic E-state index is 14.0. The van der Waals surface area contributed by atoms with Gasteiger partial charge in [-0.15, -0.1) is 12.4 Å². The van der Waals surface area contributed by atoms with Gasteiger partial charge < -0.3 is 22.1 Å². The number of hydrogen-bond acceptors (Lipinski definition) is 6. The third kappa shape index (κ3) is 9.38. The number of nitrogens with two attached hydrogens (primary N) is 2. The molecular weight excluding hydrogens is 680 g/mol. The first-order chi connectivity index (χ1) is 24.8. The van der Waals surface area contributed by atoms with E-state index in [0.29, 0.717) is 45.7 Å². The predicted octanol–water partition coefficient (Wildman–Crippen LogP) is 9.29. The Labute approximate surface area is 320 Å². The molecule has 278 valence electrons. The van der Waals surface area contributed by atoms with Gasteiger partial charge in [0.15, 0.2) is 0 Å². The highest BCUT2D eigenvalue weighted by molar-refractivity contribution is 6.11. The van der Waals surface area contributed by atoms with Gasteiger partial charge in [-0.1, -0.05) is 93.4 Å². The monoisotopic (exact) mass is 732 g/mol. The highest BCUT2D eigenvalue weighted by Crippen LogP contribution is 2.38. The molecule has 0 fully saturated rings. The molecule has 2 heterocycles. The van der Waals surface area contributed by atoms with Gasteiger partial charge in [0.05, 0.1) is 22.8 Å². The standard InChI is InChI=1S/C44H52N6O2.ClH/c1-25(2)20-37-35(23-45)39(31-16-12-27(5)13-17-31)41(29(7)47-37)49-43(51)33-10-9-11-34(22-33)44(52)50-42-30(8)48-38(21-26(3)4)36(24-46)40(42)32-18-14-28(6)15-19-32;/h9-19,22,25-26H,20-21,23-24,45-46H2,1-8H3,(H,49,51)(H,50,52);1H. The smallest absolute Gasteiger partial charge is 0.255 e. The van der Waals surface area contributed by atoms with Crippen molar-refractivity contribution in [3.63, 3.8) is 0 Å². The van der Waals surface area contributed by atoms with Gasteiger partial charge in [0, 0.05) is 46.7 Å². The molecule has 0 aliphatic rings. The number of hydrogen-bond donors (Lipinski definition) is 4. The Hall–Kier alpha value is -4.89. The fourth-order valence-electron chi connectivity index (χ4n) is 6.71. The molecular formula is C44H53ClN6O2. The van der Waals surface area contributed by atoms with E-state index in [2.05, 4.69) is 86.9 Å². The Morgan fingerprint density at radius 3 is 1.28 bits per heavy atom. The number of nitrogens with zero attached hydrogens (tertiary/aromatic N) is 2. The van der Waals surface area contributed by atoms with E-state index in [0.717, 1.165) is 68.7 Å². The topological polar surface area (TPSA) is 136 Å². The summed E-state index contributed by atoms with van der Waals surface area (Å²) >= 11 is 0. The molecule has 9 heteroatoms. The number of anilines is 2. The second-order valence-electron chi connectivity index (χ2n) is 14.6. The van der Waals surface area contributed by atoms with Crippen LogP contribution in [0, 0.1) is 39.5 Å². The summed E-state index contributed by atoms with van der Waals surface area (Å²) in [4.78, 5) is 37.9. The van der Waals surface area contributed by atoms with Crippen molar-refractivity contribution >= 4 is 35.6 Å². The average molecular weight is 733 g/mol. The number of aryl methyl sites for hydroxylation is 4. The Bertz CT molecular complexity index is 1940. The zero-order valence-electron chi connectivity index (χ0n) is 32.2. The van der Waals surface area contributed by atoms with Crippen molar-refractivity contribution in [1.82, 2.24) is 9.97 Å². The number of carbonyl (C=O) groups is 2. The largest absolute Gasteiger partial charge is 0.326 e. The van der Waals surface area contributed by atoms with E-state index in [1.807, 2.05) is 27.7 Å². The molecule has 2 aromatic heterocycles. The molecule has 3 aromatic carbocycles. The van der Waals surface area contributed by atoms with E-state index < -0.39 is 0 Å². The lowest BCUT2D eigenvalue weighted by Crippen LogP contribution is -2.20. The van der Waals surface area contributed by atoms with Gasteiger partial charge in [-0.3, -0.25) is 19.6 Å². The molecule has 0 bridgehead atoms. The highest BCUT2D eigenvalue weighted by atomic mass is 35.5. The van der Waals surface area contributed by atoms with Crippen molar-refractivity contribution in [2.75, 3.05) is 10.6 Å². The van der Waals surface area contributed by atoms with Crippen LogP contribution in [0.2, 0.25) is 0 Å². The van der Waals surface area contributed by atoms with Crippen molar-refractivity contribution in [1.29, 1.82) is 0 Å². The highest BCUT2D eigenvalue weighted by Gasteiger charge is 2.24. The normalized spacial score (nSPS) is 11.1. The molecule has 0 saturated heterocycles. The van der Waals surface area contributed by atoms with Crippen LogP contribution >= 0.6 is 12.4 Å². The number of pyridine rings is 2. The van der Waals surface area contributed by atoms with Crippen molar-refractivity contribution in [3.05, 3.63) is 129 Å². The minimum absolute atomic E-state index is 0. The summed E-state index contributed by atoms with van der Waals surface area (Å²) in [6.45, 7) is 17.1. The van der Waals surface area contributed by atoms with E-state index in [4.69, 9.17) is 21.4 Å². The third-order valence-electron chi connectivity index (χ3n) is 9.29. The van der Waals surface area contributed by atoms with Gasteiger partial charge in [-0.05, 0) is 92.8 Å². The molecule has 5 aromatic rings. The molecule has 0 unspecified atom stereocenters. The fourth-order valence-corrected chi connectivity index (χ4v) is 6.71. The molecule has 0 atom stereocenters. The predicted molar refractivity (Wildman–Crippen MR) is 221 cm³/mol. The van der Waals surface area contributed by atoms with Crippen molar-refractivity contribution in [2.24, 2.45) is 23.3 Å². The average Bonchev–Trinajstić information content (AvgIpc) is 3.10.